The lowest BCUT2D eigenvalue weighted by atomic mass is 10.2. The van der Waals surface area contributed by atoms with E-state index in [4.69, 9.17) is 4.52 Å². The van der Waals surface area contributed by atoms with Crippen LogP contribution >= 0.6 is 0 Å². The van der Waals surface area contributed by atoms with Crippen LogP contribution in [0.3, 0.4) is 0 Å². The summed E-state index contributed by atoms with van der Waals surface area (Å²) in [6.07, 6.45) is 0.0303. The van der Waals surface area contributed by atoms with E-state index in [-0.39, 0.29) is 23.7 Å². The third-order valence-corrected chi connectivity index (χ3v) is 2.59. The van der Waals surface area contributed by atoms with Crippen LogP contribution in [0.25, 0.3) is 11.4 Å². The molecule has 102 valence electrons. The van der Waals surface area contributed by atoms with Crippen molar-refractivity contribution in [3.05, 3.63) is 35.5 Å². The Labute approximate surface area is 106 Å². The Morgan fingerprint density at radius 1 is 1.26 bits per heavy atom. The van der Waals surface area contributed by atoms with Crippen molar-refractivity contribution < 1.29 is 22.8 Å². The largest absolute Gasteiger partial charge is 0.393 e. The molecule has 1 atom stereocenters. The van der Waals surface area contributed by atoms with Gasteiger partial charge in [-0.1, -0.05) is 12.1 Å². The average molecular weight is 272 g/mol. The monoisotopic (exact) mass is 272 g/mol. The number of hydrogen-bond acceptors (Lipinski definition) is 4. The van der Waals surface area contributed by atoms with E-state index in [0.717, 1.165) is 12.1 Å². The van der Waals surface area contributed by atoms with Crippen LogP contribution in [0, 0.1) is 17.5 Å². The maximum Gasteiger partial charge on any atom is 0.229 e. The van der Waals surface area contributed by atoms with Gasteiger partial charge < -0.3 is 9.63 Å². The van der Waals surface area contributed by atoms with Gasteiger partial charge in [0.15, 0.2) is 17.5 Å². The van der Waals surface area contributed by atoms with E-state index in [2.05, 4.69) is 10.1 Å². The van der Waals surface area contributed by atoms with Crippen molar-refractivity contribution in [1.29, 1.82) is 0 Å². The quantitative estimate of drug-likeness (QED) is 0.869. The van der Waals surface area contributed by atoms with Crippen LogP contribution in [-0.4, -0.2) is 21.4 Å². The number of benzene rings is 1. The zero-order chi connectivity index (χ0) is 14.0. The smallest absolute Gasteiger partial charge is 0.229 e. The number of aliphatic hydroxyl groups is 1. The molecule has 0 amide bonds. The van der Waals surface area contributed by atoms with Gasteiger partial charge in [0.2, 0.25) is 11.7 Å². The standard InChI is InChI=1S/C12H11F3N2O2/c1-2-7(18)5-10-16-12(17-19-10)6-3-8(13)11(15)9(14)4-6/h3-4,7,18H,2,5H2,1H3. The van der Waals surface area contributed by atoms with E-state index < -0.39 is 23.6 Å². The lowest BCUT2D eigenvalue weighted by Gasteiger charge is -2.01. The summed E-state index contributed by atoms with van der Waals surface area (Å²) in [4.78, 5) is 3.89. The van der Waals surface area contributed by atoms with Crippen LogP contribution in [0.4, 0.5) is 13.2 Å². The summed E-state index contributed by atoms with van der Waals surface area (Å²) >= 11 is 0. The molecule has 0 bridgehead atoms. The zero-order valence-electron chi connectivity index (χ0n) is 10.0. The van der Waals surface area contributed by atoms with Crippen molar-refractivity contribution in [2.45, 2.75) is 25.9 Å². The van der Waals surface area contributed by atoms with Gasteiger partial charge in [-0.05, 0) is 18.6 Å². The second-order valence-electron chi connectivity index (χ2n) is 4.03. The molecule has 19 heavy (non-hydrogen) atoms. The molecule has 0 spiro atoms. The first-order valence-corrected chi connectivity index (χ1v) is 5.66. The number of nitrogens with zero attached hydrogens (tertiary/aromatic N) is 2. The molecule has 0 fully saturated rings. The summed E-state index contributed by atoms with van der Waals surface area (Å²) < 4.78 is 43.8. The molecule has 1 aromatic heterocycles. The minimum atomic E-state index is -1.55. The molecule has 1 heterocycles. The molecule has 4 nitrogen and oxygen atoms in total. The van der Waals surface area contributed by atoms with Gasteiger partial charge in [0.25, 0.3) is 0 Å². The number of rotatable bonds is 4. The molecular weight excluding hydrogens is 261 g/mol. The highest BCUT2D eigenvalue weighted by molar-refractivity contribution is 5.54. The van der Waals surface area contributed by atoms with Crippen LogP contribution in [0.5, 0.6) is 0 Å². The second-order valence-corrected chi connectivity index (χ2v) is 4.03. The Hall–Kier alpha value is -1.89. The highest BCUT2D eigenvalue weighted by Crippen LogP contribution is 2.21. The lowest BCUT2D eigenvalue weighted by Crippen LogP contribution is -2.08. The fourth-order valence-corrected chi connectivity index (χ4v) is 1.49. The van der Waals surface area contributed by atoms with E-state index in [9.17, 15) is 18.3 Å². The molecule has 1 unspecified atom stereocenters. The summed E-state index contributed by atoms with van der Waals surface area (Å²) in [5, 5.41) is 13.0. The Kier molecular flexibility index (Phi) is 3.84. The summed E-state index contributed by atoms with van der Waals surface area (Å²) in [5.41, 5.74) is -0.0302. The zero-order valence-corrected chi connectivity index (χ0v) is 10.0. The SMILES string of the molecule is CCC(O)Cc1nc(-c2cc(F)c(F)c(F)c2)no1. The molecule has 0 saturated heterocycles. The van der Waals surface area contributed by atoms with Crippen LogP contribution in [0.1, 0.15) is 19.2 Å². The fraction of sp³-hybridized carbons (Fsp3) is 0.333. The van der Waals surface area contributed by atoms with Crippen molar-refractivity contribution >= 4 is 0 Å². The maximum atomic E-state index is 13.1. The van der Waals surface area contributed by atoms with Gasteiger partial charge in [-0.25, -0.2) is 13.2 Å². The summed E-state index contributed by atoms with van der Waals surface area (Å²) in [5.74, 6) is -4.11. The van der Waals surface area contributed by atoms with Gasteiger partial charge in [-0.15, -0.1) is 0 Å². The Bertz CT molecular complexity index is 563. The molecule has 7 heteroatoms. The predicted octanol–water partition coefficient (Wildman–Crippen LogP) is 2.47. The van der Waals surface area contributed by atoms with Gasteiger partial charge in [-0.2, -0.15) is 4.98 Å². The fourth-order valence-electron chi connectivity index (χ4n) is 1.49. The van der Waals surface area contributed by atoms with Crippen molar-refractivity contribution in [3.8, 4) is 11.4 Å². The van der Waals surface area contributed by atoms with E-state index in [1.54, 1.807) is 6.92 Å². The Morgan fingerprint density at radius 2 is 1.89 bits per heavy atom. The highest BCUT2D eigenvalue weighted by Gasteiger charge is 2.16. The van der Waals surface area contributed by atoms with Crippen molar-refractivity contribution in [2.24, 2.45) is 0 Å². The lowest BCUT2D eigenvalue weighted by molar-refractivity contribution is 0.158. The van der Waals surface area contributed by atoms with E-state index >= 15 is 0 Å². The number of aromatic nitrogens is 2. The Morgan fingerprint density at radius 3 is 2.47 bits per heavy atom. The van der Waals surface area contributed by atoms with Gasteiger partial charge in [-0.3, -0.25) is 0 Å². The molecule has 0 aliphatic heterocycles. The summed E-state index contributed by atoms with van der Waals surface area (Å²) in [6.45, 7) is 1.78. The molecule has 1 N–H and O–H groups in total. The van der Waals surface area contributed by atoms with Crippen LogP contribution in [0.2, 0.25) is 0 Å². The van der Waals surface area contributed by atoms with E-state index in [0.29, 0.717) is 6.42 Å². The van der Waals surface area contributed by atoms with Crippen LogP contribution < -0.4 is 0 Å². The third-order valence-electron chi connectivity index (χ3n) is 2.59. The van der Waals surface area contributed by atoms with Gasteiger partial charge in [0.1, 0.15) is 0 Å². The molecule has 0 radical (unpaired) electrons. The molecule has 0 saturated carbocycles. The third kappa shape index (κ3) is 2.93. The average Bonchev–Trinajstić information content (AvgIpc) is 2.83. The van der Waals surface area contributed by atoms with E-state index in [1.807, 2.05) is 0 Å². The molecule has 0 aliphatic rings. The van der Waals surface area contributed by atoms with Gasteiger partial charge in [0, 0.05) is 5.56 Å². The number of halogens is 3. The van der Waals surface area contributed by atoms with Crippen molar-refractivity contribution in [3.63, 3.8) is 0 Å². The first-order valence-electron chi connectivity index (χ1n) is 5.66. The second kappa shape index (κ2) is 5.40. The summed E-state index contributed by atoms with van der Waals surface area (Å²) in [7, 11) is 0. The normalized spacial score (nSPS) is 12.7. The Balaban J connectivity index is 2.28. The first-order chi connectivity index (χ1) is 9.01. The van der Waals surface area contributed by atoms with Crippen molar-refractivity contribution in [2.75, 3.05) is 0 Å². The summed E-state index contributed by atoms with van der Waals surface area (Å²) in [6, 6.07) is 1.56. The van der Waals surface area contributed by atoms with Crippen LogP contribution in [0.15, 0.2) is 16.7 Å². The predicted molar refractivity (Wildman–Crippen MR) is 59.6 cm³/mol. The molecule has 2 rings (SSSR count). The maximum absolute atomic E-state index is 13.1. The number of hydrogen-bond donors (Lipinski definition) is 1. The van der Waals surface area contributed by atoms with Gasteiger partial charge >= 0.3 is 0 Å². The van der Waals surface area contributed by atoms with Crippen molar-refractivity contribution in [1.82, 2.24) is 10.1 Å². The minimum absolute atomic E-state index is 0.0302. The first kappa shape index (κ1) is 13.5. The topological polar surface area (TPSA) is 59.2 Å². The molecular formula is C12H11F3N2O2. The number of aliphatic hydroxyl groups excluding tert-OH is 1. The van der Waals surface area contributed by atoms with Crippen LogP contribution in [-0.2, 0) is 6.42 Å². The van der Waals surface area contributed by atoms with E-state index in [1.165, 1.54) is 0 Å². The highest BCUT2D eigenvalue weighted by atomic mass is 19.2. The minimum Gasteiger partial charge on any atom is -0.393 e. The molecule has 0 aliphatic carbocycles. The molecule has 2 aromatic rings. The molecule has 1 aromatic carbocycles. The van der Waals surface area contributed by atoms with Gasteiger partial charge in [0.05, 0.1) is 12.5 Å².